The van der Waals surface area contributed by atoms with Crippen molar-refractivity contribution in [3.63, 3.8) is 0 Å². The quantitative estimate of drug-likeness (QED) is 0.657. The van der Waals surface area contributed by atoms with Gasteiger partial charge in [0.2, 0.25) is 0 Å². The number of methoxy groups -OCH3 is 1. The molecule has 2 aliphatic carbocycles. The predicted molar refractivity (Wildman–Crippen MR) is 112 cm³/mol. The zero-order valence-electron chi connectivity index (χ0n) is 18.5. The van der Waals surface area contributed by atoms with Gasteiger partial charge in [0.1, 0.15) is 17.1 Å². The summed E-state index contributed by atoms with van der Waals surface area (Å²) in [7, 11) is 1.60. The fraction of sp³-hybridized carbons (Fsp3) is 0.708. The molecule has 3 N–H and O–H groups in total. The average molecular weight is 416 g/mol. The van der Waals surface area contributed by atoms with E-state index in [2.05, 4.69) is 33.0 Å². The van der Waals surface area contributed by atoms with E-state index in [1.807, 2.05) is 6.07 Å². The number of nitrogens with one attached hydrogen (secondary N) is 1. The number of benzene rings is 1. The van der Waals surface area contributed by atoms with E-state index in [4.69, 9.17) is 9.47 Å². The van der Waals surface area contributed by atoms with E-state index in [9.17, 15) is 15.0 Å². The van der Waals surface area contributed by atoms with Gasteiger partial charge in [0.15, 0.2) is 0 Å². The Kier molecular flexibility index (Phi) is 4.12. The smallest absolute Gasteiger partial charge is 0.255 e. The van der Waals surface area contributed by atoms with Crippen molar-refractivity contribution in [2.45, 2.75) is 77.7 Å². The summed E-state index contributed by atoms with van der Waals surface area (Å²) in [6.45, 7) is 9.12. The molecule has 2 saturated carbocycles. The van der Waals surface area contributed by atoms with Crippen molar-refractivity contribution in [1.82, 2.24) is 5.32 Å². The number of hydrogen-bond donors (Lipinski definition) is 3. The van der Waals surface area contributed by atoms with Crippen LogP contribution in [0.25, 0.3) is 0 Å². The van der Waals surface area contributed by atoms with Crippen molar-refractivity contribution in [2.24, 2.45) is 22.7 Å². The first-order valence-electron chi connectivity index (χ1n) is 11.1. The van der Waals surface area contributed by atoms with Gasteiger partial charge in [-0.2, -0.15) is 0 Å². The maximum absolute atomic E-state index is 12.5. The molecule has 0 aromatic heterocycles. The van der Waals surface area contributed by atoms with Crippen LogP contribution < -0.4 is 14.8 Å². The molecule has 30 heavy (non-hydrogen) atoms. The van der Waals surface area contributed by atoms with E-state index in [0.29, 0.717) is 30.2 Å². The van der Waals surface area contributed by atoms with Crippen LogP contribution >= 0.6 is 0 Å². The highest BCUT2D eigenvalue weighted by atomic mass is 16.5. The molecule has 1 amide bonds. The minimum absolute atomic E-state index is 0.112. The van der Waals surface area contributed by atoms with Gasteiger partial charge in [0, 0.05) is 29.9 Å². The standard InChI is InChI=1S/C24H33NO5/c1-12-6-7-17-22(2,3)20(27)15(26)10-24(17)23(12,4)9-13-8-16(29-5)18-14(19(13)30-24)11-25-21(18)28/h8,12,15,17,20,26-27H,6-7,9-11H2,1-5H3,(H,25,28)/t12-,15?,17-,20?,23+,24-/m0/s1. The third kappa shape index (κ3) is 2.24. The van der Waals surface area contributed by atoms with Crippen molar-refractivity contribution in [3.05, 3.63) is 22.8 Å². The molecular formula is C24H33NO5. The highest BCUT2D eigenvalue weighted by molar-refractivity contribution is 6.02. The number of ether oxygens (including phenoxy) is 2. The number of rotatable bonds is 1. The molecule has 1 aromatic carbocycles. The normalized spacial score (nSPS) is 41.0. The zero-order chi connectivity index (χ0) is 21.6. The van der Waals surface area contributed by atoms with Crippen LogP contribution in [0.3, 0.4) is 0 Å². The summed E-state index contributed by atoms with van der Waals surface area (Å²) in [6.07, 6.45) is 1.62. The molecule has 0 radical (unpaired) electrons. The van der Waals surface area contributed by atoms with Crippen LogP contribution in [0.15, 0.2) is 6.07 Å². The molecule has 6 nitrogen and oxygen atoms in total. The average Bonchev–Trinajstić information content (AvgIpc) is 3.08. The number of carbonyl (C=O) groups is 1. The van der Waals surface area contributed by atoms with E-state index < -0.39 is 23.2 Å². The number of fused-ring (bicyclic) bond motifs is 3. The van der Waals surface area contributed by atoms with Crippen molar-refractivity contribution < 1.29 is 24.5 Å². The zero-order valence-corrected chi connectivity index (χ0v) is 18.5. The Morgan fingerprint density at radius 2 is 1.97 bits per heavy atom. The molecule has 2 unspecified atom stereocenters. The molecule has 2 fully saturated rings. The fourth-order valence-electron chi connectivity index (χ4n) is 7.23. The summed E-state index contributed by atoms with van der Waals surface area (Å²) >= 11 is 0. The Balaban J connectivity index is 1.74. The number of aliphatic hydroxyl groups excluding tert-OH is 2. The molecule has 5 rings (SSSR count). The molecule has 6 heteroatoms. The van der Waals surface area contributed by atoms with Gasteiger partial charge in [0.05, 0.1) is 24.9 Å². The second-order valence-electron chi connectivity index (χ2n) is 10.8. The van der Waals surface area contributed by atoms with Crippen LogP contribution in [-0.2, 0) is 13.0 Å². The number of amides is 1. The Morgan fingerprint density at radius 1 is 1.23 bits per heavy atom. The summed E-state index contributed by atoms with van der Waals surface area (Å²) < 4.78 is 12.6. The van der Waals surface area contributed by atoms with Crippen LogP contribution in [0.4, 0.5) is 0 Å². The Labute approximate surface area is 178 Å². The highest BCUT2D eigenvalue weighted by Crippen LogP contribution is 2.66. The van der Waals surface area contributed by atoms with E-state index in [1.54, 1.807) is 7.11 Å². The molecule has 2 aliphatic heterocycles. The van der Waals surface area contributed by atoms with Gasteiger partial charge in [0.25, 0.3) is 5.91 Å². The first kappa shape index (κ1) is 20.1. The Bertz CT molecular complexity index is 927. The van der Waals surface area contributed by atoms with Crippen LogP contribution in [0.2, 0.25) is 0 Å². The van der Waals surface area contributed by atoms with Crippen LogP contribution in [-0.4, -0.2) is 41.0 Å². The summed E-state index contributed by atoms with van der Waals surface area (Å²) in [6, 6.07) is 1.97. The maximum Gasteiger partial charge on any atom is 0.255 e. The lowest BCUT2D eigenvalue weighted by molar-refractivity contribution is -0.260. The molecule has 0 saturated heterocycles. The largest absolute Gasteiger partial charge is 0.496 e. The molecule has 4 aliphatic rings. The minimum Gasteiger partial charge on any atom is -0.496 e. The van der Waals surface area contributed by atoms with Crippen LogP contribution in [0.5, 0.6) is 11.5 Å². The molecule has 6 atom stereocenters. The summed E-state index contributed by atoms with van der Waals surface area (Å²) in [5, 5.41) is 24.7. The lowest BCUT2D eigenvalue weighted by atomic mass is 9.43. The fourth-order valence-corrected chi connectivity index (χ4v) is 7.23. The van der Waals surface area contributed by atoms with E-state index >= 15 is 0 Å². The lowest BCUT2D eigenvalue weighted by Crippen LogP contribution is -2.73. The molecule has 164 valence electrons. The second kappa shape index (κ2) is 6.13. The van der Waals surface area contributed by atoms with Crippen LogP contribution in [0, 0.1) is 22.7 Å². The first-order chi connectivity index (χ1) is 14.1. The predicted octanol–water partition coefficient (Wildman–Crippen LogP) is 2.82. The Morgan fingerprint density at radius 3 is 2.67 bits per heavy atom. The molecule has 0 bridgehead atoms. The first-order valence-corrected chi connectivity index (χ1v) is 11.1. The summed E-state index contributed by atoms with van der Waals surface area (Å²) in [4.78, 5) is 12.5. The van der Waals surface area contributed by atoms with E-state index in [-0.39, 0.29) is 17.2 Å². The second-order valence-corrected chi connectivity index (χ2v) is 10.8. The van der Waals surface area contributed by atoms with E-state index in [1.165, 1.54) is 0 Å². The van der Waals surface area contributed by atoms with Crippen molar-refractivity contribution in [2.75, 3.05) is 7.11 Å². The molecule has 1 spiro atoms. The number of aliphatic hydroxyl groups is 2. The molecule has 2 heterocycles. The van der Waals surface area contributed by atoms with Gasteiger partial charge >= 0.3 is 0 Å². The van der Waals surface area contributed by atoms with Crippen molar-refractivity contribution in [3.8, 4) is 11.5 Å². The molecular weight excluding hydrogens is 382 g/mol. The van der Waals surface area contributed by atoms with E-state index in [0.717, 1.165) is 36.1 Å². The van der Waals surface area contributed by atoms with Crippen molar-refractivity contribution >= 4 is 5.91 Å². The maximum atomic E-state index is 12.5. The van der Waals surface area contributed by atoms with Gasteiger partial charge in [-0.05, 0) is 42.2 Å². The van der Waals surface area contributed by atoms with Gasteiger partial charge in [-0.3, -0.25) is 4.79 Å². The highest BCUT2D eigenvalue weighted by Gasteiger charge is 2.69. The van der Waals surface area contributed by atoms with Gasteiger partial charge in [-0.1, -0.05) is 27.7 Å². The number of hydrogen-bond acceptors (Lipinski definition) is 5. The number of carbonyl (C=O) groups excluding carboxylic acids is 1. The molecule has 1 aromatic rings. The van der Waals surface area contributed by atoms with Crippen molar-refractivity contribution in [1.29, 1.82) is 0 Å². The lowest BCUT2D eigenvalue weighted by Gasteiger charge is -2.67. The van der Waals surface area contributed by atoms with Gasteiger partial charge in [-0.25, -0.2) is 0 Å². The minimum atomic E-state index is -0.839. The SMILES string of the molecule is COc1cc2c(c3c1C(=O)NC3)O[C@@]13CC(O)C(O)C(C)(C)[C@@H]1CC[C@H](C)[C@@]3(C)C2. The third-order valence-corrected chi connectivity index (χ3v) is 9.18. The van der Waals surface area contributed by atoms with Crippen LogP contribution in [0.1, 0.15) is 68.4 Å². The van der Waals surface area contributed by atoms with Gasteiger partial charge < -0.3 is 25.0 Å². The third-order valence-electron chi connectivity index (χ3n) is 9.18. The Hall–Kier alpha value is -1.79. The summed E-state index contributed by atoms with van der Waals surface area (Å²) in [5.41, 5.74) is 1.24. The monoisotopic (exact) mass is 415 g/mol. The topological polar surface area (TPSA) is 88.0 Å². The summed E-state index contributed by atoms with van der Waals surface area (Å²) in [5.74, 6) is 1.76. The van der Waals surface area contributed by atoms with Gasteiger partial charge in [-0.15, -0.1) is 0 Å².